The monoisotopic (exact) mass is 349 g/mol. The fraction of sp³-hybridized carbons (Fsp3) is 0.294. The molecular formula is C17H17Cl2N3O. The van der Waals surface area contributed by atoms with E-state index in [1.807, 2.05) is 24.3 Å². The predicted molar refractivity (Wildman–Crippen MR) is 94.1 cm³/mol. The molecule has 1 atom stereocenters. The average Bonchev–Trinajstić information content (AvgIpc) is 3.12. The van der Waals surface area contributed by atoms with Crippen LogP contribution in [0.5, 0.6) is 0 Å². The first-order chi connectivity index (χ1) is 10.7. The fourth-order valence-corrected chi connectivity index (χ4v) is 3.38. The summed E-state index contributed by atoms with van der Waals surface area (Å²) in [7, 11) is 2.13. The predicted octanol–water partition coefficient (Wildman–Crippen LogP) is 4.73. The molecule has 0 bridgehead atoms. The van der Waals surface area contributed by atoms with Crippen LogP contribution < -0.4 is 0 Å². The highest BCUT2D eigenvalue weighted by Gasteiger charge is 2.26. The Morgan fingerprint density at radius 2 is 2.22 bits per heavy atom. The fourth-order valence-electron chi connectivity index (χ4n) is 3.12. The highest BCUT2D eigenvalue weighted by molar-refractivity contribution is 6.32. The van der Waals surface area contributed by atoms with Crippen molar-refractivity contribution in [3.05, 3.63) is 47.6 Å². The zero-order valence-electron chi connectivity index (χ0n) is 12.7. The summed E-state index contributed by atoms with van der Waals surface area (Å²) in [5, 5.41) is 0.479. The molecule has 6 heteroatoms. The van der Waals surface area contributed by atoms with E-state index >= 15 is 0 Å². The third-order valence-electron chi connectivity index (χ3n) is 4.30. The summed E-state index contributed by atoms with van der Waals surface area (Å²) in [6, 6.07) is 8.17. The number of likely N-dealkylation sites (tertiary alicyclic amines) is 1. The van der Waals surface area contributed by atoms with Gasteiger partial charge in [0.25, 0.3) is 0 Å². The van der Waals surface area contributed by atoms with Crippen molar-refractivity contribution in [3.63, 3.8) is 0 Å². The largest absolute Gasteiger partial charge is 0.458 e. The molecular weight excluding hydrogens is 333 g/mol. The van der Waals surface area contributed by atoms with E-state index in [9.17, 15) is 0 Å². The smallest absolute Gasteiger partial charge is 0.153 e. The number of nitrogens with zero attached hydrogens (tertiary/aromatic N) is 3. The molecule has 0 amide bonds. The van der Waals surface area contributed by atoms with Gasteiger partial charge in [-0.25, -0.2) is 4.98 Å². The maximum atomic E-state index is 6.34. The van der Waals surface area contributed by atoms with Gasteiger partial charge < -0.3 is 4.42 Å². The van der Waals surface area contributed by atoms with Gasteiger partial charge in [-0.3, -0.25) is 9.88 Å². The minimum atomic E-state index is 0. The van der Waals surface area contributed by atoms with Crippen LogP contribution in [-0.4, -0.2) is 28.5 Å². The molecule has 0 aromatic carbocycles. The van der Waals surface area contributed by atoms with Gasteiger partial charge in [-0.1, -0.05) is 17.7 Å². The van der Waals surface area contributed by atoms with Crippen molar-refractivity contribution in [3.8, 4) is 11.1 Å². The van der Waals surface area contributed by atoms with Gasteiger partial charge in [-0.15, -0.1) is 12.4 Å². The average molecular weight is 350 g/mol. The molecule has 1 aliphatic rings. The topological polar surface area (TPSA) is 42.2 Å². The first-order valence-corrected chi connectivity index (χ1v) is 7.81. The number of fused-ring (bicyclic) bond motifs is 1. The van der Waals surface area contributed by atoms with Gasteiger partial charge >= 0.3 is 0 Å². The molecule has 4 nitrogen and oxygen atoms in total. The van der Waals surface area contributed by atoms with E-state index in [-0.39, 0.29) is 12.4 Å². The van der Waals surface area contributed by atoms with E-state index in [1.54, 1.807) is 12.4 Å². The molecule has 120 valence electrons. The molecule has 4 rings (SSSR count). The minimum absolute atomic E-state index is 0. The Balaban J connectivity index is 0.00000156. The van der Waals surface area contributed by atoms with E-state index in [4.69, 9.17) is 16.0 Å². The second kappa shape index (κ2) is 6.48. The van der Waals surface area contributed by atoms with Crippen LogP contribution in [0.1, 0.15) is 24.6 Å². The Morgan fingerprint density at radius 1 is 1.35 bits per heavy atom. The summed E-state index contributed by atoms with van der Waals surface area (Å²) >= 11 is 6.34. The van der Waals surface area contributed by atoms with E-state index in [0.717, 1.165) is 41.0 Å². The lowest BCUT2D eigenvalue weighted by atomic mass is 10.1. The second-order valence-corrected chi connectivity index (χ2v) is 6.10. The van der Waals surface area contributed by atoms with Gasteiger partial charge in [0.1, 0.15) is 16.4 Å². The Labute approximate surface area is 145 Å². The molecule has 0 aliphatic carbocycles. The maximum absolute atomic E-state index is 6.34. The summed E-state index contributed by atoms with van der Waals surface area (Å²) in [6.45, 7) is 1.11. The van der Waals surface area contributed by atoms with Gasteiger partial charge in [-0.05, 0) is 38.6 Å². The lowest BCUT2D eigenvalue weighted by Crippen LogP contribution is -2.16. The van der Waals surface area contributed by atoms with Crippen LogP contribution >= 0.6 is 24.0 Å². The van der Waals surface area contributed by atoms with Crippen LogP contribution in [0.15, 0.2) is 41.1 Å². The zero-order chi connectivity index (χ0) is 15.1. The molecule has 0 spiro atoms. The van der Waals surface area contributed by atoms with Crippen LogP contribution in [-0.2, 0) is 0 Å². The second-order valence-electron chi connectivity index (χ2n) is 5.74. The van der Waals surface area contributed by atoms with Gasteiger partial charge in [-0.2, -0.15) is 0 Å². The third kappa shape index (κ3) is 2.94. The Kier molecular flexibility index (Phi) is 4.57. The minimum Gasteiger partial charge on any atom is -0.458 e. The number of halogens is 2. The number of hydrogen-bond acceptors (Lipinski definition) is 4. The van der Waals surface area contributed by atoms with Crippen molar-refractivity contribution < 1.29 is 4.42 Å². The van der Waals surface area contributed by atoms with E-state index in [1.165, 1.54) is 6.42 Å². The van der Waals surface area contributed by atoms with Crippen LogP contribution in [0.25, 0.3) is 22.2 Å². The summed E-state index contributed by atoms with van der Waals surface area (Å²) in [5.41, 5.74) is 3.38. The van der Waals surface area contributed by atoms with Crippen LogP contribution in [0, 0.1) is 0 Å². The SMILES string of the molecule is CN1CCC[C@H]1c1cc2nc(Cl)c(-c3cccnc3)cc2o1.Cl. The van der Waals surface area contributed by atoms with Crippen molar-refractivity contribution in [2.24, 2.45) is 0 Å². The van der Waals surface area contributed by atoms with Gasteiger partial charge in [0, 0.05) is 29.6 Å². The molecule has 0 unspecified atom stereocenters. The first kappa shape index (κ1) is 16.2. The molecule has 1 saturated heterocycles. The molecule has 0 N–H and O–H groups in total. The van der Waals surface area contributed by atoms with Crippen LogP contribution in [0.4, 0.5) is 0 Å². The summed E-state index contributed by atoms with van der Waals surface area (Å²) in [4.78, 5) is 11.0. The lowest BCUT2D eigenvalue weighted by Gasteiger charge is -2.16. The van der Waals surface area contributed by atoms with Crippen LogP contribution in [0.2, 0.25) is 5.15 Å². The molecule has 0 saturated carbocycles. The molecule has 1 fully saturated rings. The van der Waals surface area contributed by atoms with Crippen molar-refractivity contribution in [2.75, 3.05) is 13.6 Å². The number of aromatic nitrogens is 2. The van der Waals surface area contributed by atoms with Crippen molar-refractivity contribution in [1.82, 2.24) is 14.9 Å². The van der Waals surface area contributed by atoms with Crippen molar-refractivity contribution >= 4 is 35.1 Å². The molecule has 0 radical (unpaired) electrons. The Hall–Kier alpha value is -1.62. The van der Waals surface area contributed by atoms with Gasteiger partial charge in [0.05, 0.1) is 6.04 Å². The number of furan rings is 1. The van der Waals surface area contributed by atoms with Crippen molar-refractivity contribution in [2.45, 2.75) is 18.9 Å². The summed E-state index contributed by atoms with van der Waals surface area (Å²) < 4.78 is 6.06. The van der Waals surface area contributed by atoms with Crippen LogP contribution in [0.3, 0.4) is 0 Å². The molecule has 4 heterocycles. The maximum Gasteiger partial charge on any atom is 0.153 e. The standard InChI is InChI=1S/C17H16ClN3O.ClH/c1-21-7-3-5-14(21)16-9-13-15(22-16)8-12(17(18)20-13)11-4-2-6-19-10-11;/h2,4,6,8-10,14H,3,5,7H2,1H3;1H/t14-;/m0./s1. The third-order valence-corrected chi connectivity index (χ3v) is 4.59. The van der Waals surface area contributed by atoms with Crippen molar-refractivity contribution in [1.29, 1.82) is 0 Å². The highest BCUT2D eigenvalue weighted by Crippen LogP contribution is 2.36. The number of rotatable bonds is 2. The van der Waals surface area contributed by atoms with E-state index in [0.29, 0.717) is 11.2 Å². The highest BCUT2D eigenvalue weighted by atomic mass is 35.5. The lowest BCUT2D eigenvalue weighted by molar-refractivity contribution is 0.281. The summed E-state index contributed by atoms with van der Waals surface area (Å²) in [5.74, 6) is 0.974. The number of hydrogen-bond donors (Lipinski definition) is 0. The number of pyridine rings is 2. The Bertz CT molecular complexity index is 819. The molecule has 1 aliphatic heterocycles. The first-order valence-electron chi connectivity index (χ1n) is 7.43. The van der Waals surface area contributed by atoms with Gasteiger partial charge in [0.15, 0.2) is 5.58 Å². The van der Waals surface area contributed by atoms with E-state index in [2.05, 4.69) is 21.9 Å². The summed E-state index contributed by atoms with van der Waals surface area (Å²) in [6.07, 6.45) is 5.85. The normalized spacial score (nSPS) is 18.3. The zero-order valence-corrected chi connectivity index (χ0v) is 14.3. The molecule has 23 heavy (non-hydrogen) atoms. The Morgan fingerprint density at radius 3 is 2.91 bits per heavy atom. The molecule has 3 aromatic heterocycles. The molecule has 3 aromatic rings. The van der Waals surface area contributed by atoms with Gasteiger partial charge in [0.2, 0.25) is 0 Å². The van der Waals surface area contributed by atoms with E-state index < -0.39 is 0 Å². The quantitative estimate of drug-likeness (QED) is 0.627.